The number of para-hydroxylation sites is 1. The topological polar surface area (TPSA) is 82.2 Å². The molecule has 0 atom stereocenters. The largest absolute Gasteiger partial charge is 0.508 e. The number of nitrogens with one attached hydrogen (secondary N) is 2. The van der Waals surface area contributed by atoms with Gasteiger partial charge < -0.3 is 15.4 Å². The summed E-state index contributed by atoms with van der Waals surface area (Å²) in [6.45, 7) is 0. The van der Waals surface area contributed by atoms with Crippen molar-refractivity contribution in [3.63, 3.8) is 0 Å². The number of hydrogen-bond donors (Lipinski definition) is 3. The minimum absolute atomic E-state index is 0.254. The van der Waals surface area contributed by atoms with Gasteiger partial charge in [-0.1, -0.05) is 12.1 Å². The first-order chi connectivity index (χ1) is 11.8. The van der Waals surface area contributed by atoms with E-state index in [9.17, 15) is 27.9 Å². The third-order valence-electron chi connectivity index (χ3n) is 3.54. The summed E-state index contributed by atoms with van der Waals surface area (Å²) in [6.07, 6.45) is -3.49. The second kappa shape index (κ2) is 5.97. The molecule has 0 spiro atoms. The van der Waals surface area contributed by atoms with Gasteiger partial charge in [-0.25, -0.2) is 0 Å². The van der Waals surface area contributed by atoms with Crippen molar-refractivity contribution in [3.05, 3.63) is 70.0 Å². The van der Waals surface area contributed by atoms with E-state index in [1.807, 2.05) is 0 Å². The molecule has 3 aromatic rings. The van der Waals surface area contributed by atoms with E-state index in [0.717, 1.165) is 6.07 Å². The first-order valence-electron chi connectivity index (χ1n) is 7.09. The minimum atomic E-state index is -4.68. The van der Waals surface area contributed by atoms with Crippen molar-refractivity contribution in [1.29, 1.82) is 0 Å². The van der Waals surface area contributed by atoms with Gasteiger partial charge in [0.25, 0.3) is 5.91 Å². The van der Waals surface area contributed by atoms with Gasteiger partial charge >= 0.3 is 6.18 Å². The SMILES string of the molecule is O=C(Nc1cc(O)cc(C(F)(F)F)c1)c1c[nH]c2ccccc2c1=O. The summed E-state index contributed by atoms with van der Waals surface area (Å²) in [5, 5.41) is 11.9. The molecule has 3 rings (SSSR count). The molecule has 1 heterocycles. The number of anilines is 1. The third-order valence-corrected chi connectivity index (χ3v) is 3.54. The highest BCUT2D eigenvalue weighted by atomic mass is 19.4. The van der Waals surface area contributed by atoms with Gasteiger partial charge in [-0.05, 0) is 24.3 Å². The standard InChI is InChI=1S/C17H11F3N2O3/c18-17(19,20)9-5-10(7-11(23)6-9)22-16(25)13-8-21-14-4-2-1-3-12(14)15(13)24/h1-8,23H,(H,21,24)(H,22,25). The van der Waals surface area contributed by atoms with Crippen LogP contribution in [0.1, 0.15) is 15.9 Å². The van der Waals surface area contributed by atoms with Crippen LogP contribution in [0.4, 0.5) is 18.9 Å². The van der Waals surface area contributed by atoms with Crippen LogP contribution >= 0.6 is 0 Å². The highest BCUT2D eigenvalue weighted by Crippen LogP contribution is 2.33. The van der Waals surface area contributed by atoms with Crippen LogP contribution in [0.5, 0.6) is 5.75 Å². The molecule has 0 aliphatic heterocycles. The van der Waals surface area contributed by atoms with E-state index < -0.39 is 28.8 Å². The Morgan fingerprint density at radius 2 is 1.84 bits per heavy atom. The Morgan fingerprint density at radius 3 is 2.56 bits per heavy atom. The highest BCUT2D eigenvalue weighted by Gasteiger charge is 2.31. The molecule has 0 unspecified atom stereocenters. The van der Waals surface area contributed by atoms with Crippen molar-refractivity contribution >= 4 is 22.5 Å². The molecule has 0 aliphatic carbocycles. The second-order valence-corrected chi connectivity index (χ2v) is 5.30. The fourth-order valence-corrected chi connectivity index (χ4v) is 2.38. The zero-order valence-electron chi connectivity index (χ0n) is 12.5. The Hall–Kier alpha value is -3.29. The average Bonchev–Trinajstić information content (AvgIpc) is 2.54. The van der Waals surface area contributed by atoms with Crippen LogP contribution in [-0.4, -0.2) is 16.0 Å². The van der Waals surface area contributed by atoms with E-state index in [4.69, 9.17) is 0 Å². The molecule has 1 amide bonds. The molecule has 0 saturated heterocycles. The maximum Gasteiger partial charge on any atom is 0.416 e. The Labute approximate surface area is 138 Å². The minimum Gasteiger partial charge on any atom is -0.508 e. The smallest absolute Gasteiger partial charge is 0.416 e. The lowest BCUT2D eigenvalue weighted by Gasteiger charge is -2.11. The van der Waals surface area contributed by atoms with Crippen molar-refractivity contribution < 1.29 is 23.1 Å². The molecule has 25 heavy (non-hydrogen) atoms. The number of pyridine rings is 1. The molecule has 0 aliphatic rings. The van der Waals surface area contributed by atoms with Crippen molar-refractivity contribution in [3.8, 4) is 5.75 Å². The Bertz CT molecular complexity index is 1030. The Kier molecular flexibility index (Phi) is 3.96. The lowest BCUT2D eigenvalue weighted by atomic mass is 10.1. The van der Waals surface area contributed by atoms with Crippen LogP contribution in [0.2, 0.25) is 0 Å². The summed E-state index contributed by atoms with van der Waals surface area (Å²) < 4.78 is 38.3. The van der Waals surface area contributed by atoms with Gasteiger partial charge in [-0.3, -0.25) is 9.59 Å². The number of halogens is 3. The first-order valence-corrected chi connectivity index (χ1v) is 7.09. The lowest BCUT2D eigenvalue weighted by molar-refractivity contribution is -0.137. The van der Waals surface area contributed by atoms with E-state index in [-0.39, 0.29) is 16.6 Å². The van der Waals surface area contributed by atoms with Gasteiger partial charge in [0.15, 0.2) is 0 Å². The number of fused-ring (bicyclic) bond motifs is 1. The van der Waals surface area contributed by atoms with Gasteiger partial charge in [0.05, 0.1) is 5.56 Å². The molecular formula is C17H11F3N2O3. The van der Waals surface area contributed by atoms with Gasteiger partial charge in [0.1, 0.15) is 11.3 Å². The number of H-pyrrole nitrogens is 1. The maximum absolute atomic E-state index is 12.8. The number of hydrogen-bond acceptors (Lipinski definition) is 3. The Morgan fingerprint density at radius 1 is 1.12 bits per heavy atom. The summed E-state index contributed by atoms with van der Waals surface area (Å²) in [6, 6.07) is 8.70. The predicted molar refractivity (Wildman–Crippen MR) is 85.6 cm³/mol. The number of carbonyl (C=O) groups is 1. The maximum atomic E-state index is 12.8. The number of rotatable bonds is 2. The monoisotopic (exact) mass is 348 g/mol. The molecule has 0 radical (unpaired) electrons. The number of aromatic amines is 1. The van der Waals surface area contributed by atoms with Crippen molar-refractivity contribution in [2.75, 3.05) is 5.32 Å². The van der Waals surface area contributed by atoms with E-state index in [1.54, 1.807) is 18.2 Å². The van der Waals surface area contributed by atoms with E-state index in [0.29, 0.717) is 17.6 Å². The molecule has 8 heteroatoms. The van der Waals surface area contributed by atoms with Crippen LogP contribution in [0.15, 0.2) is 53.5 Å². The van der Waals surface area contributed by atoms with Crippen LogP contribution in [-0.2, 0) is 6.18 Å². The first kappa shape index (κ1) is 16.6. The molecule has 0 saturated carbocycles. The highest BCUT2D eigenvalue weighted by molar-refractivity contribution is 6.05. The molecule has 2 aromatic carbocycles. The van der Waals surface area contributed by atoms with Crippen LogP contribution in [0.3, 0.4) is 0 Å². The number of aromatic hydroxyl groups is 1. The molecule has 128 valence electrons. The van der Waals surface area contributed by atoms with Crippen LogP contribution < -0.4 is 10.7 Å². The van der Waals surface area contributed by atoms with Crippen LogP contribution in [0, 0.1) is 0 Å². The number of benzene rings is 2. The Balaban J connectivity index is 1.97. The van der Waals surface area contributed by atoms with E-state index in [1.165, 1.54) is 12.3 Å². The molecule has 3 N–H and O–H groups in total. The fraction of sp³-hybridized carbons (Fsp3) is 0.0588. The number of aromatic nitrogens is 1. The second-order valence-electron chi connectivity index (χ2n) is 5.30. The number of amides is 1. The third kappa shape index (κ3) is 3.32. The summed E-state index contributed by atoms with van der Waals surface area (Å²) in [7, 11) is 0. The summed E-state index contributed by atoms with van der Waals surface area (Å²) >= 11 is 0. The van der Waals surface area contributed by atoms with Gasteiger partial charge in [0, 0.05) is 28.9 Å². The van der Waals surface area contributed by atoms with Crippen molar-refractivity contribution in [2.24, 2.45) is 0 Å². The molecule has 5 nitrogen and oxygen atoms in total. The molecule has 1 aromatic heterocycles. The summed E-state index contributed by atoms with van der Waals surface area (Å²) in [4.78, 5) is 27.4. The fourth-order valence-electron chi connectivity index (χ4n) is 2.38. The lowest BCUT2D eigenvalue weighted by Crippen LogP contribution is -2.22. The van der Waals surface area contributed by atoms with Crippen LogP contribution in [0.25, 0.3) is 10.9 Å². The van der Waals surface area contributed by atoms with Crippen molar-refractivity contribution in [2.45, 2.75) is 6.18 Å². The quantitative estimate of drug-likeness (QED) is 0.663. The summed E-state index contributed by atoms with van der Waals surface area (Å²) in [5.41, 5.74) is -1.67. The number of phenolic OH excluding ortho intramolecular Hbond substituents is 1. The molecular weight excluding hydrogens is 337 g/mol. The van der Waals surface area contributed by atoms with Crippen molar-refractivity contribution in [1.82, 2.24) is 4.98 Å². The number of carbonyl (C=O) groups excluding carboxylic acids is 1. The molecule has 0 bridgehead atoms. The number of phenols is 1. The zero-order valence-corrected chi connectivity index (χ0v) is 12.5. The zero-order chi connectivity index (χ0) is 18.2. The summed E-state index contributed by atoms with van der Waals surface area (Å²) in [5.74, 6) is -1.54. The molecule has 0 fully saturated rings. The number of alkyl halides is 3. The van der Waals surface area contributed by atoms with Gasteiger partial charge in [0.2, 0.25) is 5.43 Å². The average molecular weight is 348 g/mol. The van der Waals surface area contributed by atoms with Gasteiger partial charge in [-0.2, -0.15) is 13.2 Å². The van der Waals surface area contributed by atoms with E-state index in [2.05, 4.69) is 10.3 Å². The normalized spacial score (nSPS) is 11.5. The van der Waals surface area contributed by atoms with E-state index >= 15 is 0 Å². The van der Waals surface area contributed by atoms with Gasteiger partial charge in [-0.15, -0.1) is 0 Å². The predicted octanol–water partition coefficient (Wildman–Crippen LogP) is 3.50.